The summed E-state index contributed by atoms with van der Waals surface area (Å²) in [4.78, 5) is 0. The molecule has 40 valence electrons. The molecule has 2 aromatic rings. The highest BCUT2D eigenvalue weighted by Crippen LogP contribution is 2.08. The van der Waals surface area contributed by atoms with Crippen LogP contribution in [0, 0.1) is 0 Å². The molecule has 0 N–H and O–H groups in total. The molecule has 2 heterocycles. The molecule has 0 aliphatic heterocycles. The summed E-state index contributed by atoms with van der Waals surface area (Å²) in [7, 11) is 0. The Morgan fingerprint density at radius 2 is 2.50 bits per heavy atom. The Kier molecular flexibility index (Phi) is 0.498. The van der Waals surface area contributed by atoms with Gasteiger partial charge in [-0.3, -0.25) is 0 Å². The molecule has 0 saturated heterocycles. The molecule has 0 atom stereocenters. The van der Waals surface area contributed by atoms with Crippen molar-refractivity contribution in [3.63, 3.8) is 0 Å². The fourth-order valence-corrected chi connectivity index (χ4v) is 0.533. The zero-order chi connectivity index (χ0) is 5.40. The number of hydrogen-bond acceptors (Lipinski definition) is 4. The molecular weight excluding hydrogens is 108 g/mol. The Morgan fingerprint density at radius 1 is 1.50 bits per heavy atom. The van der Waals surface area contributed by atoms with Gasteiger partial charge >= 0.3 is 0 Å². The number of fused-ring (bicyclic) bond motifs is 1. The second-order valence-corrected chi connectivity index (χ2v) is 1.36. The van der Waals surface area contributed by atoms with Crippen molar-refractivity contribution < 1.29 is 8.94 Å². The van der Waals surface area contributed by atoms with Crippen LogP contribution in [-0.4, -0.2) is 10.4 Å². The van der Waals surface area contributed by atoms with E-state index in [1.54, 1.807) is 6.07 Å². The van der Waals surface area contributed by atoms with Crippen LogP contribution in [0.2, 0.25) is 0 Å². The van der Waals surface area contributed by atoms with Crippen LogP contribution in [0.15, 0.2) is 21.3 Å². The normalized spacial score (nSPS) is 10.5. The fraction of sp³-hybridized carbons (Fsp3) is 0. The van der Waals surface area contributed by atoms with Gasteiger partial charge in [0.25, 0.3) is 5.71 Å². The molecule has 4 nitrogen and oxygen atoms in total. The summed E-state index contributed by atoms with van der Waals surface area (Å²) in [6.07, 6.45) is 1.50. The van der Waals surface area contributed by atoms with Crippen LogP contribution in [0.25, 0.3) is 11.3 Å². The molecule has 0 amide bonds. The maximum absolute atomic E-state index is 4.79. The maximum Gasteiger partial charge on any atom is 0.288 e. The molecule has 0 unspecified atom stereocenters. The lowest BCUT2D eigenvalue weighted by atomic mass is 10.6. The van der Waals surface area contributed by atoms with Gasteiger partial charge in [0.05, 0.1) is 6.26 Å². The summed E-state index contributed by atoms with van der Waals surface area (Å²) in [5, 5.41) is 6.74. The summed E-state index contributed by atoms with van der Waals surface area (Å²) in [6.45, 7) is 0. The van der Waals surface area contributed by atoms with Crippen molar-refractivity contribution in [1.82, 2.24) is 10.4 Å². The molecule has 0 aromatic carbocycles. The van der Waals surface area contributed by atoms with E-state index in [4.69, 9.17) is 4.42 Å². The average molecular weight is 110 g/mol. The SMILES string of the molecule is c1cc2onnc2o1. The van der Waals surface area contributed by atoms with Crippen molar-refractivity contribution in [3.05, 3.63) is 12.3 Å². The largest absolute Gasteiger partial charge is 0.443 e. The Balaban J connectivity index is 3.06. The molecular formula is C4H2N2O2. The Hall–Kier alpha value is -1.32. The Morgan fingerprint density at radius 3 is 3.38 bits per heavy atom. The lowest BCUT2D eigenvalue weighted by Crippen LogP contribution is -1.58. The lowest BCUT2D eigenvalue weighted by Gasteiger charge is -1.59. The maximum atomic E-state index is 4.79. The predicted octanol–water partition coefficient (Wildman–Crippen LogP) is 0.816. The number of aromatic nitrogens is 2. The van der Waals surface area contributed by atoms with Crippen LogP contribution >= 0.6 is 0 Å². The first-order valence-electron chi connectivity index (χ1n) is 2.12. The summed E-state index contributed by atoms with van der Waals surface area (Å²) < 4.78 is 9.39. The van der Waals surface area contributed by atoms with Crippen LogP contribution in [0.3, 0.4) is 0 Å². The van der Waals surface area contributed by atoms with E-state index in [-0.39, 0.29) is 0 Å². The second kappa shape index (κ2) is 1.09. The molecule has 0 aliphatic rings. The molecule has 4 heteroatoms. The molecule has 2 aromatic heterocycles. The van der Waals surface area contributed by atoms with Crippen LogP contribution in [0.5, 0.6) is 0 Å². The van der Waals surface area contributed by atoms with Gasteiger partial charge in [0.2, 0.25) is 5.58 Å². The van der Waals surface area contributed by atoms with E-state index in [1.165, 1.54) is 6.26 Å². The number of nitrogens with zero attached hydrogens (tertiary/aromatic N) is 2. The zero-order valence-corrected chi connectivity index (χ0v) is 3.87. The summed E-state index contributed by atoms with van der Waals surface area (Å²) in [5.41, 5.74) is 1.04. The van der Waals surface area contributed by atoms with E-state index in [2.05, 4.69) is 14.9 Å². The summed E-state index contributed by atoms with van der Waals surface area (Å²) in [5.74, 6) is 0. The van der Waals surface area contributed by atoms with Gasteiger partial charge in [-0.1, -0.05) is 5.10 Å². The van der Waals surface area contributed by atoms with E-state index in [9.17, 15) is 0 Å². The van der Waals surface area contributed by atoms with Gasteiger partial charge in [0, 0.05) is 11.3 Å². The van der Waals surface area contributed by atoms with Crippen molar-refractivity contribution in [2.75, 3.05) is 0 Å². The van der Waals surface area contributed by atoms with Gasteiger partial charge in [-0.15, -0.1) is 0 Å². The van der Waals surface area contributed by atoms with Gasteiger partial charge in [-0.25, -0.2) is 0 Å². The number of rotatable bonds is 0. The highest BCUT2D eigenvalue weighted by molar-refractivity contribution is 5.63. The van der Waals surface area contributed by atoms with Gasteiger partial charge in [-0.2, -0.15) is 0 Å². The highest BCUT2D eigenvalue weighted by Gasteiger charge is 1.98. The van der Waals surface area contributed by atoms with E-state index in [1.807, 2.05) is 0 Å². The topological polar surface area (TPSA) is 52.1 Å². The van der Waals surface area contributed by atoms with Crippen molar-refractivity contribution in [2.24, 2.45) is 0 Å². The molecule has 2 rings (SSSR count). The minimum atomic E-state index is 0.449. The van der Waals surface area contributed by atoms with Crippen molar-refractivity contribution >= 4 is 11.3 Å². The quantitative estimate of drug-likeness (QED) is 0.503. The monoisotopic (exact) mass is 110 g/mol. The number of hydrogen-bond donors (Lipinski definition) is 0. The Labute approximate surface area is 44.1 Å². The highest BCUT2D eigenvalue weighted by atomic mass is 16.5. The van der Waals surface area contributed by atoms with Crippen LogP contribution < -0.4 is 0 Å². The standard InChI is InChI=1S/C4H2N2O2/c1-2-7-4-3(1)8-6-5-4/h1-2H. The summed E-state index contributed by atoms with van der Waals surface area (Å²) in [6, 6.07) is 1.66. The zero-order valence-electron chi connectivity index (χ0n) is 3.87. The van der Waals surface area contributed by atoms with Gasteiger partial charge in [0.15, 0.2) is 0 Å². The van der Waals surface area contributed by atoms with E-state index in [0.29, 0.717) is 11.3 Å². The van der Waals surface area contributed by atoms with Crippen LogP contribution in [-0.2, 0) is 0 Å². The lowest BCUT2D eigenvalue weighted by molar-refractivity contribution is 0.422. The first-order chi connectivity index (χ1) is 3.97. The van der Waals surface area contributed by atoms with Gasteiger partial charge in [0.1, 0.15) is 0 Å². The van der Waals surface area contributed by atoms with E-state index < -0.39 is 0 Å². The third-order valence-corrected chi connectivity index (χ3v) is 0.881. The third kappa shape index (κ3) is 0.294. The first kappa shape index (κ1) is 3.65. The van der Waals surface area contributed by atoms with E-state index in [0.717, 1.165) is 0 Å². The van der Waals surface area contributed by atoms with E-state index >= 15 is 0 Å². The smallest absolute Gasteiger partial charge is 0.288 e. The molecule has 8 heavy (non-hydrogen) atoms. The predicted molar refractivity (Wildman–Crippen MR) is 24.1 cm³/mol. The molecule has 0 bridgehead atoms. The minimum Gasteiger partial charge on any atom is -0.443 e. The Bertz CT molecular complexity index is 233. The first-order valence-corrected chi connectivity index (χ1v) is 2.12. The van der Waals surface area contributed by atoms with Crippen LogP contribution in [0.4, 0.5) is 0 Å². The van der Waals surface area contributed by atoms with Gasteiger partial charge in [-0.05, 0) is 0 Å². The molecule has 0 fully saturated rings. The van der Waals surface area contributed by atoms with Crippen molar-refractivity contribution in [3.8, 4) is 0 Å². The average Bonchev–Trinajstić information content (AvgIpc) is 2.15. The molecule has 0 saturated carbocycles. The molecule has 0 aliphatic carbocycles. The molecule has 0 spiro atoms. The van der Waals surface area contributed by atoms with Crippen LogP contribution in [0.1, 0.15) is 0 Å². The summed E-state index contributed by atoms with van der Waals surface area (Å²) >= 11 is 0. The molecule has 0 radical (unpaired) electrons. The fourth-order valence-electron chi connectivity index (χ4n) is 0.533. The van der Waals surface area contributed by atoms with Crippen molar-refractivity contribution in [1.29, 1.82) is 0 Å². The van der Waals surface area contributed by atoms with Crippen molar-refractivity contribution in [2.45, 2.75) is 0 Å². The second-order valence-electron chi connectivity index (χ2n) is 1.36. The third-order valence-electron chi connectivity index (χ3n) is 0.881. The number of furan rings is 1. The minimum absolute atomic E-state index is 0.449. The van der Waals surface area contributed by atoms with Gasteiger partial charge < -0.3 is 8.94 Å².